The van der Waals surface area contributed by atoms with E-state index in [-0.39, 0.29) is 0 Å². The van der Waals surface area contributed by atoms with E-state index in [0.29, 0.717) is 12.6 Å². The van der Waals surface area contributed by atoms with Gasteiger partial charge in [0, 0.05) is 35.0 Å². The van der Waals surface area contributed by atoms with Crippen LogP contribution >= 0.6 is 27.9 Å². The Bertz CT molecular complexity index is 967. The minimum Gasteiger partial charge on any atom is -0.383 e. The number of methoxy groups -OCH3 is 1. The maximum atomic E-state index is 5.11. The van der Waals surface area contributed by atoms with Crippen LogP contribution in [0.2, 0.25) is 0 Å². The standard InChI is InChI=1S/C18H26N4O.C7H8BrNS/c1-23-12-11-19-17-15-9-5-6-10-16(15)21-18(22-17)20-13-14-7-3-2-4-8-14;1-9-10-7-4-2-6(8)3-5-7/h5-6,9-10,14H,2-4,7-8,11-13H2,1H3,(H2,19,20,21,22);2-5,9H,1H3. The van der Waals surface area contributed by atoms with E-state index in [9.17, 15) is 0 Å². The van der Waals surface area contributed by atoms with Crippen molar-refractivity contribution in [1.29, 1.82) is 0 Å². The molecular formula is C25H34BrN5OS. The zero-order valence-electron chi connectivity index (χ0n) is 19.4. The average molecular weight is 533 g/mol. The number of nitrogens with zero attached hydrogens (tertiary/aromatic N) is 2. The van der Waals surface area contributed by atoms with Crippen LogP contribution in [0.25, 0.3) is 10.9 Å². The molecule has 1 aliphatic rings. The van der Waals surface area contributed by atoms with Crippen molar-refractivity contribution in [2.75, 3.05) is 44.5 Å². The van der Waals surface area contributed by atoms with Crippen LogP contribution in [0, 0.1) is 5.92 Å². The summed E-state index contributed by atoms with van der Waals surface area (Å²) in [6.07, 6.45) is 6.74. The maximum absolute atomic E-state index is 5.11. The summed E-state index contributed by atoms with van der Waals surface area (Å²) in [4.78, 5) is 10.6. The highest BCUT2D eigenvalue weighted by atomic mass is 79.9. The van der Waals surface area contributed by atoms with Gasteiger partial charge in [0.25, 0.3) is 0 Å². The first-order chi connectivity index (χ1) is 16.2. The second kappa shape index (κ2) is 14.4. The van der Waals surface area contributed by atoms with Gasteiger partial charge in [-0.2, -0.15) is 4.98 Å². The van der Waals surface area contributed by atoms with Gasteiger partial charge in [-0.25, -0.2) is 4.98 Å². The fourth-order valence-corrected chi connectivity index (χ4v) is 4.58. The van der Waals surface area contributed by atoms with Crippen molar-refractivity contribution in [2.24, 2.45) is 5.92 Å². The van der Waals surface area contributed by atoms with Gasteiger partial charge in [0.1, 0.15) is 5.82 Å². The van der Waals surface area contributed by atoms with Crippen LogP contribution in [-0.2, 0) is 4.74 Å². The molecule has 1 fully saturated rings. The first kappa shape index (κ1) is 25.7. The van der Waals surface area contributed by atoms with Crippen LogP contribution in [0.4, 0.5) is 11.8 Å². The third kappa shape index (κ3) is 8.77. The number of para-hydroxylation sites is 1. The maximum Gasteiger partial charge on any atom is 0.225 e. The lowest BCUT2D eigenvalue weighted by atomic mass is 9.89. The lowest BCUT2D eigenvalue weighted by Gasteiger charge is -2.22. The number of aromatic nitrogens is 2. The molecule has 4 rings (SSSR count). The van der Waals surface area contributed by atoms with Gasteiger partial charge in [-0.3, -0.25) is 4.72 Å². The number of nitrogens with one attached hydrogen (secondary N) is 3. The van der Waals surface area contributed by atoms with Gasteiger partial charge in [0.05, 0.1) is 12.1 Å². The molecule has 1 heterocycles. The molecule has 0 atom stereocenters. The molecule has 3 N–H and O–H groups in total. The van der Waals surface area contributed by atoms with Crippen LogP contribution in [0.5, 0.6) is 0 Å². The summed E-state index contributed by atoms with van der Waals surface area (Å²) in [5.41, 5.74) is 0.966. The largest absolute Gasteiger partial charge is 0.383 e. The smallest absolute Gasteiger partial charge is 0.225 e. The number of ether oxygens (including phenoxy) is 1. The molecule has 8 heteroatoms. The normalized spacial score (nSPS) is 13.9. The van der Waals surface area contributed by atoms with Gasteiger partial charge in [0.2, 0.25) is 5.95 Å². The SMILES string of the molecule is CNSc1ccc(Br)cc1.COCCNc1nc(NCC2CCCCC2)nc2ccccc12. The van der Waals surface area contributed by atoms with Crippen molar-refractivity contribution in [1.82, 2.24) is 14.7 Å². The Balaban J connectivity index is 0.000000257. The molecule has 1 aliphatic carbocycles. The molecular weight excluding hydrogens is 498 g/mol. The van der Waals surface area contributed by atoms with Crippen molar-refractivity contribution >= 4 is 50.5 Å². The molecule has 178 valence electrons. The molecule has 0 spiro atoms. The Kier molecular flexibility index (Phi) is 11.2. The van der Waals surface area contributed by atoms with E-state index in [0.717, 1.165) is 40.2 Å². The molecule has 0 radical (unpaired) electrons. The molecule has 3 aromatic rings. The summed E-state index contributed by atoms with van der Waals surface area (Å²) in [6, 6.07) is 16.3. The van der Waals surface area contributed by atoms with E-state index in [4.69, 9.17) is 4.74 Å². The third-order valence-corrected chi connectivity index (χ3v) is 6.75. The van der Waals surface area contributed by atoms with Gasteiger partial charge < -0.3 is 15.4 Å². The first-order valence-corrected chi connectivity index (χ1v) is 13.1. The minimum atomic E-state index is 0.656. The summed E-state index contributed by atoms with van der Waals surface area (Å²) in [6.45, 7) is 2.36. The zero-order chi connectivity index (χ0) is 23.3. The van der Waals surface area contributed by atoms with Crippen molar-refractivity contribution in [3.63, 3.8) is 0 Å². The van der Waals surface area contributed by atoms with E-state index in [1.165, 1.54) is 37.0 Å². The number of anilines is 2. The highest BCUT2D eigenvalue weighted by molar-refractivity contribution is 9.10. The van der Waals surface area contributed by atoms with E-state index in [1.54, 1.807) is 19.1 Å². The van der Waals surface area contributed by atoms with Gasteiger partial charge in [0.15, 0.2) is 0 Å². The van der Waals surface area contributed by atoms with Crippen LogP contribution < -0.4 is 15.4 Å². The van der Waals surface area contributed by atoms with E-state index < -0.39 is 0 Å². The molecule has 0 aliphatic heterocycles. The van der Waals surface area contributed by atoms with Crippen molar-refractivity contribution in [2.45, 2.75) is 37.0 Å². The zero-order valence-corrected chi connectivity index (χ0v) is 21.8. The predicted octanol–water partition coefficient (Wildman–Crippen LogP) is 6.36. The second-order valence-electron chi connectivity index (χ2n) is 7.98. The van der Waals surface area contributed by atoms with Gasteiger partial charge >= 0.3 is 0 Å². The van der Waals surface area contributed by atoms with Crippen LogP contribution in [0.15, 0.2) is 57.9 Å². The minimum absolute atomic E-state index is 0.656. The number of fused-ring (bicyclic) bond motifs is 1. The molecule has 6 nitrogen and oxygen atoms in total. The predicted molar refractivity (Wildman–Crippen MR) is 144 cm³/mol. The molecule has 0 amide bonds. The van der Waals surface area contributed by atoms with Crippen molar-refractivity contribution in [3.05, 3.63) is 53.0 Å². The summed E-state index contributed by atoms with van der Waals surface area (Å²) in [7, 11) is 3.61. The molecule has 0 saturated heterocycles. The highest BCUT2D eigenvalue weighted by Crippen LogP contribution is 2.25. The Hall–Kier alpha value is -1.87. The lowest BCUT2D eigenvalue weighted by Crippen LogP contribution is -2.19. The number of benzene rings is 2. The summed E-state index contributed by atoms with van der Waals surface area (Å²) < 4.78 is 9.23. The molecule has 1 aromatic heterocycles. The average Bonchev–Trinajstić information content (AvgIpc) is 2.85. The van der Waals surface area contributed by atoms with Gasteiger partial charge in [-0.1, -0.05) is 47.3 Å². The summed E-state index contributed by atoms with van der Waals surface area (Å²) >= 11 is 4.98. The number of halogens is 1. The Morgan fingerprint density at radius 3 is 2.48 bits per heavy atom. The molecule has 0 bridgehead atoms. The van der Waals surface area contributed by atoms with Crippen LogP contribution in [0.1, 0.15) is 32.1 Å². The number of rotatable bonds is 9. The van der Waals surface area contributed by atoms with Crippen LogP contribution in [0.3, 0.4) is 0 Å². The first-order valence-electron chi connectivity index (χ1n) is 11.5. The van der Waals surface area contributed by atoms with Crippen LogP contribution in [-0.4, -0.2) is 43.8 Å². The second-order valence-corrected chi connectivity index (χ2v) is 9.98. The van der Waals surface area contributed by atoms with Gasteiger partial charge in [-0.05, 0) is 74.2 Å². The topological polar surface area (TPSA) is 71.1 Å². The fraction of sp³-hybridized carbons (Fsp3) is 0.440. The molecule has 1 saturated carbocycles. The van der Waals surface area contributed by atoms with Crippen molar-refractivity contribution in [3.8, 4) is 0 Å². The molecule has 0 unspecified atom stereocenters. The Morgan fingerprint density at radius 2 is 1.76 bits per heavy atom. The quantitative estimate of drug-likeness (QED) is 0.219. The Labute approximate surface area is 210 Å². The lowest BCUT2D eigenvalue weighted by molar-refractivity contribution is 0.210. The molecule has 33 heavy (non-hydrogen) atoms. The number of hydrogen-bond acceptors (Lipinski definition) is 7. The van der Waals surface area contributed by atoms with Crippen molar-refractivity contribution < 1.29 is 4.74 Å². The van der Waals surface area contributed by atoms with E-state index >= 15 is 0 Å². The highest BCUT2D eigenvalue weighted by Gasteiger charge is 2.14. The fourth-order valence-electron chi connectivity index (χ4n) is 3.81. The van der Waals surface area contributed by atoms with E-state index in [2.05, 4.69) is 59.5 Å². The summed E-state index contributed by atoms with van der Waals surface area (Å²) in [5.74, 6) is 2.34. The van der Waals surface area contributed by atoms with E-state index in [1.807, 2.05) is 37.4 Å². The Morgan fingerprint density at radius 1 is 1.00 bits per heavy atom. The third-order valence-electron chi connectivity index (χ3n) is 5.51. The van der Waals surface area contributed by atoms with Gasteiger partial charge in [-0.15, -0.1) is 0 Å². The molecule has 2 aromatic carbocycles. The summed E-state index contributed by atoms with van der Waals surface area (Å²) in [5, 5.41) is 7.84. The monoisotopic (exact) mass is 531 g/mol. The number of hydrogen-bond donors (Lipinski definition) is 3.